The number of hydrazine groups is 1. The van der Waals surface area contributed by atoms with Gasteiger partial charge in [0.1, 0.15) is 0 Å². The molecule has 0 aromatic carbocycles. The maximum absolute atomic E-state index is 2.55. The fourth-order valence-corrected chi connectivity index (χ4v) is 0. The van der Waals surface area contributed by atoms with E-state index in [4.69, 9.17) is 0 Å². The van der Waals surface area contributed by atoms with Gasteiger partial charge in [-0.05, 0) is 0 Å². The number of nitrogens with one attached hydrogen (secondary N) is 2. The molecule has 2 N–H and O–H groups in total. The molecule has 0 saturated heterocycles. The van der Waals surface area contributed by atoms with E-state index in [1.165, 1.54) is 0 Å². The molecule has 0 aliphatic heterocycles. The molecule has 0 bridgehead atoms. The maximum atomic E-state index is 2.55. The standard InChI is InChI=1S/H4N2P.Rh/c1-2-3;/h1-2H,3H2;/q-1;+1. The Kier molecular flexibility index (Phi) is 4.94. The Labute approximate surface area is 37.9 Å². The van der Waals surface area contributed by atoms with Crippen LogP contribution in [0, 0.1) is 0 Å². The van der Waals surface area contributed by atoms with Crippen molar-refractivity contribution in [1.82, 2.24) is 9.36 Å². The van der Waals surface area contributed by atoms with Crippen molar-refractivity contribution < 1.29 is 18.5 Å². The normalized spacial score (nSPS) is 7.75. The van der Waals surface area contributed by atoms with Gasteiger partial charge in [-0.1, -0.05) is 0 Å². The summed E-state index contributed by atoms with van der Waals surface area (Å²) < 4.78 is 2.53. The van der Waals surface area contributed by atoms with Crippen LogP contribution in [-0.2, 0) is 18.5 Å². The monoisotopic (exact) mass is 166 g/mol. The topological polar surface area (TPSA) is 24.1 Å². The van der Waals surface area contributed by atoms with Crippen molar-refractivity contribution in [3.8, 4) is 0 Å². The van der Waals surface area contributed by atoms with E-state index in [2.05, 4.69) is 37.3 Å². The van der Waals surface area contributed by atoms with Gasteiger partial charge < -0.3 is 0 Å². The fraction of sp³-hybridized carbons (Fsp3) is 0. The van der Waals surface area contributed by atoms with E-state index in [0.717, 1.165) is 0 Å². The summed E-state index contributed by atoms with van der Waals surface area (Å²) in [5, 5.41) is 2.55. The Morgan fingerprint density at radius 1 is 1.75 bits per heavy atom. The quantitative estimate of drug-likeness (QED) is 0.306. The molecular formula is H4N2PRh. The zero-order valence-corrected chi connectivity index (χ0v) is 4.70. The second-order valence-corrected chi connectivity index (χ2v) is 0.926. The third kappa shape index (κ3) is 2.97. The van der Waals surface area contributed by atoms with Crippen molar-refractivity contribution in [2.45, 2.75) is 0 Å². The molecular weight excluding hydrogens is 162 g/mol. The second-order valence-electron chi connectivity index (χ2n) is 0.228. The summed E-state index contributed by atoms with van der Waals surface area (Å²) in [5.74, 6) is 0. The van der Waals surface area contributed by atoms with Crippen LogP contribution in [0.1, 0.15) is 0 Å². The Balaban J connectivity index is 1.97. The van der Waals surface area contributed by atoms with Gasteiger partial charge >= 0.3 is 37.3 Å². The summed E-state index contributed by atoms with van der Waals surface area (Å²) >= 11 is 2.42. The second kappa shape index (κ2) is 3.97. The molecule has 0 fully saturated rings. The first-order valence-corrected chi connectivity index (χ1v) is 2.10. The first-order chi connectivity index (χ1) is 1.91. The van der Waals surface area contributed by atoms with Gasteiger partial charge in [0, 0.05) is 0 Å². The third-order valence-electron chi connectivity index (χ3n) is 0.0481. The Morgan fingerprint density at radius 2 is 2.00 bits per heavy atom. The molecule has 0 amide bonds. The van der Waals surface area contributed by atoms with Crippen molar-refractivity contribution in [3.05, 3.63) is 0 Å². The van der Waals surface area contributed by atoms with Gasteiger partial charge in [-0.3, -0.25) is 0 Å². The molecule has 0 aliphatic carbocycles. The molecule has 1 atom stereocenters. The van der Waals surface area contributed by atoms with Crippen LogP contribution in [0.25, 0.3) is 0 Å². The molecule has 2 nitrogen and oxygen atoms in total. The molecule has 4 heteroatoms. The van der Waals surface area contributed by atoms with Crippen molar-refractivity contribution in [3.63, 3.8) is 0 Å². The molecule has 0 spiro atoms. The average molecular weight is 166 g/mol. The molecule has 4 heavy (non-hydrogen) atoms. The van der Waals surface area contributed by atoms with E-state index in [0.29, 0.717) is 0 Å². The van der Waals surface area contributed by atoms with Crippen LogP contribution in [0.2, 0.25) is 0 Å². The molecule has 0 heterocycles. The van der Waals surface area contributed by atoms with Gasteiger partial charge in [-0.2, -0.15) is 0 Å². The van der Waals surface area contributed by atoms with E-state index in [1.54, 1.807) is 0 Å². The van der Waals surface area contributed by atoms with Crippen LogP contribution >= 0.6 is 9.39 Å². The van der Waals surface area contributed by atoms with Gasteiger partial charge in [-0.25, -0.2) is 0 Å². The van der Waals surface area contributed by atoms with Gasteiger partial charge in [0.05, 0.1) is 0 Å². The molecule has 0 rings (SSSR count). The summed E-state index contributed by atoms with van der Waals surface area (Å²) in [6.45, 7) is 0. The molecule has 28 valence electrons. The van der Waals surface area contributed by atoms with Crippen molar-refractivity contribution in [1.29, 1.82) is 0 Å². The fourth-order valence-electron chi connectivity index (χ4n) is 0. The Morgan fingerprint density at radius 3 is 2.00 bits per heavy atom. The van der Waals surface area contributed by atoms with Crippen LogP contribution in [0.5, 0.6) is 0 Å². The van der Waals surface area contributed by atoms with Crippen LogP contribution in [0.3, 0.4) is 0 Å². The summed E-state index contributed by atoms with van der Waals surface area (Å²) in [6, 6.07) is 0. The third-order valence-corrected chi connectivity index (χ3v) is 0.854. The van der Waals surface area contributed by atoms with E-state index in [9.17, 15) is 0 Å². The zero-order valence-electron chi connectivity index (χ0n) is 1.91. The van der Waals surface area contributed by atoms with E-state index < -0.39 is 0 Å². The minimum absolute atomic E-state index is 2.27. The van der Waals surface area contributed by atoms with E-state index in [-0.39, 0.29) is 0 Å². The minimum atomic E-state index is 2.27. The van der Waals surface area contributed by atoms with Crippen LogP contribution in [0.4, 0.5) is 0 Å². The van der Waals surface area contributed by atoms with Crippen molar-refractivity contribution in [2.75, 3.05) is 0 Å². The van der Waals surface area contributed by atoms with E-state index in [1.807, 2.05) is 0 Å². The van der Waals surface area contributed by atoms with Crippen LogP contribution < -0.4 is 9.36 Å². The molecule has 0 radical (unpaired) electrons. The van der Waals surface area contributed by atoms with Crippen molar-refractivity contribution >= 4 is 9.39 Å². The van der Waals surface area contributed by atoms with Crippen LogP contribution in [0.15, 0.2) is 0 Å². The predicted molar refractivity (Wildman–Crippen MR) is 16.0 cm³/mol. The first kappa shape index (κ1) is 4.97. The average Bonchev–Trinajstić information content (AvgIpc) is 1.37. The van der Waals surface area contributed by atoms with Gasteiger partial charge in [0.2, 0.25) is 0 Å². The van der Waals surface area contributed by atoms with Gasteiger partial charge in [0.15, 0.2) is 0 Å². The van der Waals surface area contributed by atoms with Gasteiger partial charge in [0.25, 0.3) is 0 Å². The number of hydrogen-bond donors (Lipinski definition) is 2. The SMILES string of the molecule is PN[NH][Rh]. The molecule has 0 aliphatic rings. The molecule has 0 aromatic heterocycles. The summed E-state index contributed by atoms with van der Waals surface area (Å²) in [6.07, 6.45) is 0. The number of hydrogen-bond acceptors (Lipinski definition) is 2. The predicted octanol–water partition coefficient (Wildman–Crippen LogP) is -0.668. The summed E-state index contributed by atoms with van der Waals surface area (Å²) in [4.78, 5) is 0. The van der Waals surface area contributed by atoms with Gasteiger partial charge in [-0.15, -0.1) is 0 Å². The molecule has 1 unspecified atom stereocenters. The van der Waals surface area contributed by atoms with Crippen LogP contribution in [-0.4, -0.2) is 0 Å². The zero-order chi connectivity index (χ0) is 3.41. The van der Waals surface area contributed by atoms with E-state index >= 15 is 0 Å². The van der Waals surface area contributed by atoms with Crippen molar-refractivity contribution in [2.24, 2.45) is 0 Å². The number of rotatable bonds is 1. The summed E-state index contributed by atoms with van der Waals surface area (Å²) in [7, 11) is 2.27. The molecule has 0 saturated carbocycles. The summed E-state index contributed by atoms with van der Waals surface area (Å²) in [5.41, 5.74) is 0. The Hall–Kier alpha value is 0.973. The first-order valence-electron chi connectivity index (χ1n) is 0.705. The molecule has 0 aromatic rings. The Bertz CT molecular complexity index is 8.00.